The molecule has 3 aromatic rings. The van der Waals surface area contributed by atoms with Crippen molar-refractivity contribution in [1.82, 2.24) is 14.7 Å². The van der Waals surface area contributed by atoms with E-state index in [4.69, 9.17) is 0 Å². The highest BCUT2D eigenvalue weighted by molar-refractivity contribution is 7.10. The predicted octanol–water partition coefficient (Wildman–Crippen LogP) is 4.39. The first-order chi connectivity index (χ1) is 12.2. The predicted molar refractivity (Wildman–Crippen MR) is 100 cm³/mol. The number of thiophene rings is 1. The minimum absolute atomic E-state index is 0.106. The van der Waals surface area contributed by atoms with E-state index in [-0.39, 0.29) is 11.9 Å². The first-order valence-corrected chi connectivity index (χ1v) is 9.55. The number of hydrogen-bond acceptors (Lipinski definition) is 3. The van der Waals surface area contributed by atoms with Gasteiger partial charge in [0, 0.05) is 23.2 Å². The molecule has 2 aromatic heterocycles. The molecule has 128 valence electrons. The number of fused-ring (bicyclic) bond motifs is 1. The number of aromatic nitrogens is 2. The molecule has 1 atom stereocenters. The van der Waals surface area contributed by atoms with E-state index in [1.807, 2.05) is 53.0 Å². The van der Waals surface area contributed by atoms with Gasteiger partial charge in [-0.25, -0.2) is 4.68 Å². The van der Waals surface area contributed by atoms with Crippen molar-refractivity contribution in [2.75, 3.05) is 6.54 Å². The van der Waals surface area contributed by atoms with Gasteiger partial charge < -0.3 is 4.90 Å². The minimum atomic E-state index is 0.106. The third-order valence-corrected chi connectivity index (χ3v) is 5.82. The highest BCUT2D eigenvalue weighted by atomic mass is 32.1. The van der Waals surface area contributed by atoms with Crippen LogP contribution in [0.5, 0.6) is 0 Å². The quantitative estimate of drug-likeness (QED) is 0.702. The summed E-state index contributed by atoms with van der Waals surface area (Å²) in [6.45, 7) is 4.90. The van der Waals surface area contributed by atoms with Gasteiger partial charge in [0.2, 0.25) is 0 Å². The molecule has 1 aromatic carbocycles. The zero-order valence-corrected chi connectivity index (χ0v) is 15.3. The Morgan fingerprint density at radius 3 is 2.96 bits per heavy atom. The van der Waals surface area contributed by atoms with E-state index in [1.165, 1.54) is 10.4 Å². The summed E-state index contributed by atoms with van der Waals surface area (Å²) >= 11 is 1.81. The summed E-state index contributed by atoms with van der Waals surface area (Å²) < 4.78 is 1.82. The lowest BCUT2D eigenvalue weighted by molar-refractivity contribution is 0.0657. The molecule has 1 aliphatic heterocycles. The van der Waals surface area contributed by atoms with Crippen molar-refractivity contribution in [3.63, 3.8) is 0 Å². The van der Waals surface area contributed by atoms with Gasteiger partial charge in [-0.15, -0.1) is 11.3 Å². The van der Waals surface area contributed by atoms with Crippen molar-refractivity contribution >= 4 is 17.2 Å². The lowest BCUT2D eigenvalue weighted by Crippen LogP contribution is -2.39. The van der Waals surface area contributed by atoms with Gasteiger partial charge in [-0.2, -0.15) is 5.10 Å². The summed E-state index contributed by atoms with van der Waals surface area (Å²) in [4.78, 5) is 16.6. The van der Waals surface area contributed by atoms with Gasteiger partial charge >= 0.3 is 0 Å². The van der Waals surface area contributed by atoms with Gasteiger partial charge in [0.05, 0.1) is 17.4 Å². The van der Waals surface area contributed by atoms with Gasteiger partial charge in [0.15, 0.2) is 0 Å². The molecule has 1 amide bonds. The van der Waals surface area contributed by atoms with E-state index in [0.717, 1.165) is 36.3 Å². The van der Waals surface area contributed by atoms with E-state index in [1.54, 1.807) is 11.3 Å². The van der Waals surface area contributed by atoms with E-state index < -0.39 is 0 Å². The van der Waals surface area contributed by atoms with Crippen LogP contribution in [-0.4, -0.2) is 27.1 Å². The SMILES string of the molecule is CCC1c2ccsc2CCN1C(=O)c1cccc(-n2ccc(C)n2)c1. The van der Waals surface area contributed by atoms with E-state index in [2.05, 4.69) is 23.5 Å². The lowest BCUT2D eigenvalue weighted by atomic mass is 9.97. The molecule has 1 unspecified atom stereocenters. The van der Waals surface area contributed by atoms with Crippen LogP contribution in [0.2, 0.25) is 0 Å². The fourth-order valence-electron chi connectivity index (χ4n) is 3.59. The Bertz CT molecular complexity index is 911. The van der Waals surface area contributed by atoms with Crippen molar-refractivity contribution in [1.29, 1.82) is 0 Å². The Morgan fingerprint density at radius 2 is 2.20 bits per heavy atom. The second-order valence-electron chi connectivity index (χ2n) is 6.42. The van der Waals surface area contributed by atoms with Crippen LogP contribution in [0, 0.1) is 6.92 Å². The Balaban J connectivity index is 1.65. The van der Waals surface area contributed by atoms with Crippen LogP contribution in [0.3, 0.4) is 0 Å². The second kappa shape index (κ2) is 6.48. The van der Waals surface area contributed by atoms with Crippen LogP contribution >= 0.6 is 11.3 Å². The maximum Gasteiger partial charge on any atom is 0.254 e. The van der Waals surface area contributed by atoms with E-state index >= 15 is 0 Å². The van der Waals surface area contributed by atoms with Crippen molar-refractivity contribution < 1.29 is 4.79 Å². The maximum atomic E-state index is 13.2. The number of amides is 1. The topological polar surface area (TPSA) is 38.1 Å². The number of rotatable bonds is 3. The molecule has 1 aliphatic rings. The van der Waals surface area contributed by atoms with Gasteiger partial charge in [0.25, 0.3) is 5.91 Å². The van der Waals surface area contributed by atoms with Crippen molar-refractivity contribution in [3.05, 3.63) is 69.7 Å². The third-order valence-electron chi connectivity index (χ3n) is 4.82. The maximum absolute atomic E-state index is 13.2. The molecule has 5 heteroatoms. The van der Waals surface area contributed by atoms with Crippen molar-refractivity contribution in [2.24, 2.45) is 0 Å². The monoisotopic (exact) mass is 351 g/mol. The van der Waals surface area contributed by atoms with E-state index in [0.29, 0.717) is 0 Å². The molecule has 0 bridgehead atoms. The van der Waals surface area contributed by atoms with Crippen LogP contribution in [0.1, 0.15) is 45.9 Å². The Labute approximate surface area is 151 Å². The molecule has 0 spiro atoms. The molecule has 0 saturated carbocycles. The van der Waals surface area contributed by atoms with Crippen LogP contribution in [0.4, 0.5) is 0 Å². The zero-order chi connectivity index (χ0) is 17.4. The molecule has 25 heavy (non-hydrogen) atoms. The van der Waals surface area contributed by atoms with Gasteiger partial charge in [-0.1, -0.05) is 13.0 Å². The number of carbonyl (C=O) groups is 1. The van der Waals surface area contributed by atoms with Crippen molar-refractivity contribution in [3.8, 4) is 5.69 Å². The fraction of sp³-hybridized carbons (Fsp3) is 0.300. The molecule has 0 aliphatic carbocycles. The van der Waals surface area contributed by atoms with Gasteiger partial charge in [-0.05, 0) is 61.0 Å². The first-order valence-electron chi connectivity index (χ1n) is 8.67. The number of benzene rings is 1. The zero-order valence-electron chi connectivity index (χ0n) is 14.5. The highest BCUT2D eigenvalue weighted by Gasteiger charge is 2.30. The number of nitrogens with zero attached hydrogens (tertiary/aromatic N) is 3. The Kier molecular flexibility index (Phi) is 4.17. The molecule has 0 radical (unpaired) electrons. The Morgan fingerprint density at radius 1 is 1.32 bits per heavy atom. The van der Waals surface area contributed by atoms with Crippen LogP contribution < -0.4 is 0 Å². The highest BCUT2D eigenvalue weighted by Crippen LogP contribution is 2.36. The molecular weight excluding hydrogens is 330 g/mol. The van der Waals surface area contributed by atoms with Crippen LogP contribution in [0.25, 0.3) is 5.69 Å². The molecule has 4 nitrogen and oxygen atoms in total. The summed E-state index contributed by atoms with van der Waals surface area (Å²) in [6.07, 6.45) is 3.81. The largest absolute Gasteiger partial charge is 0.331 e. The second-order valence-corrected chi connectivity index (χ2v) is 7.42. The van der Waals surface area contributed by atoms with Crippen LogP contribution in [0.15, 0.2) is 48.0 Å². The smallest absolute Gasteiger partial charge is 0.254 e. The standard InChI is InChI=1S/C20H21N3OS/c1-3-18-17-9-12-25-19(17)8-10-22(18)20(24)15-5-4-6-16(13-15)23-11-7-14(2)21-23/h4-7,9,11-13,18H,3,8,10H2,1-2H3. The summed E-state index contributed by atoms with van der Waals surface area (Å²) in [5.41, 5.74) is 3.93. The summed E-state index contributed by atoms with van der Waals surface area (Å²) in [5, 5.41) is 6.58. The number of aryl methyl sites for hydroxylation is 1. The minimum Gasteiger partial charge on any atom is -0.331 e. The average molecular weight is 351 g/mol. The third kappa shape index (κ3) is 2.89. The fourth-order valence-corrected chi connectivity index (χ4v) is 4.51. The molecule has 0 N–H and O–H groups in total. The summed E-state index contributed by atoms with van der Waals surface area (Å²) in [5.74, 6) is 0.106. The van der Waals surface area contributed by atoms with Gasteiger partial charge in [-0.3, -0.25) is 4.79 Å². The summed E-state index contributed by atoms with van der Waals surface area (Å²) in [6, 6.07) is 12.1. The molecular formula is C20H21N3OS. The molecule has 0 saturated heterocycles. The van der Waals surface area contributed by atoms with E-state index in [9.17, 15) is 4.79 Å². The molecule has 3 heterocycles. The average Bonchev–Trinajstić information content (AvgIpc) is 3.29. The van der Waals surface area contributed by atoms with Crippen molar-refractivity contribution in [2.45, 2.75) is 32.7 Å². The lowest BCUT2D eigenvalue weighted by Gasteiger charge is -2.35. The summed E-state index contributed by atoms with van der Waals surface area (Å²) in [7, 11) is 0. The normalized spacial score (nSPS) is 16.7. The van der Waals surface area contributed by atoms with Gasteiger partial charge in [0.1, 0.15) is 0 Å². The first kappa shape index (κ1) is 16.1. The molecule has 0 fully saturated rings. The number of carbonyl (C=O) groups excluding carboxylic acids is 1. The number of hydrogen-bond donors (Lipinski definition) is 0. The molecule has 4 rings (SSSR count). The van der Waals surface area contributed by atoms with Crippen LogP contribution in [-0.2, 0) is 6.42 Å². The Hall–Kier alpha value is -2.40.